The fourth-order valence-corrected chi connectivity index (χ4v) is 3.54. The van der Waals surface area contributed by atoms with Crippen LogP contribution in [-0.4, -0.2) is 29.9 Å². The number of aryl methyl sites for hydroxylation is 1. The minimum atomic E-state index is 0.125. The van der Waals surface area contributed by atoms with Gasteiger partial charge in [0.1, 0.15) is 11.5 Å². The maximum Gasteiger partial charge on any atom is 0.223 e. The Morgan fingerprint density at radius 3 is 3.09 bits per heavy atom. The predicted molar refractivity (Wildman–Crippen MR) is 88.7 cm³/mol. The van der Waals surface area contributed by atoms with Gasteiger partial charge in [0, 0.05) is 32.0 Å². The van der Waals surface area contributed by atoms with Crippen molar-refractivity contribution in [2.75, 3.05) is 13.1 Å². The molecule has 22 heavy (non-hydrogen) atoms. The molecule has 1 amide bonds. The molecule has 0 aromatic carbocycles. The molecule has 0 bridgehead atoms. The summed E-state index contributed by atoms with van der Waals surface area (Å²) in [5, 5.41) is 2.03. The van der Waals surface area contributed by atoms with Gasteiger partial charge >= 0.3 is 0 Å². The van der Waals surface area contributed by atoms with Crippen LogP contribution in [0.2, 0.25) is 0 Å². The van der Waals surface area contributed by atoms with Gasteiger partial charge in [-0.1, -0.05) is 12.5 Å². The van der Waals surface area contributed by atoms with Crippen LogP contribution in [0, 0.1) is 0 Å². The molecular weight excluding hydrogens is 296 g/mol. The first-order valence-corrected chi connectivity index (χ1v) is 8.76. The van der Waals surface area contributed by atoms with Crippen LogP contribution >= 0.6 is 11.3 Å². The Kier molecular flexibility index (Phi) is 4.95. The fourth-order valence-electron chi connectivity index (χ4n) is 2.85. The van der Waals surface area contributed by atoms with Crippen molar-refractivity contribution in [3.05, 3.63) is 35.4 Å². The highest BCUT2D eigenvalue weighted by Gasteiger charge is 2.19. The third kappa shape index (κ3) is 3.78. The van der Waals surface area contributed by atoms with Gasteiger partial charge in [-0.3, -0.25) is 4.79 Å². The number of carbonyl (C=O) groups excluding carboxylic acids is 1. The first kappa shape index (κ1) is 15.3. The van der Waals surface area contributed by atoms with Crippen molar-refractivity contribution < 1.29 is 9.21 Å². The lowest BCUT2D eigenvalue weighted by Gasteiger charge is -2.22. The molecule has 0 radical (unpaired) electrons. The molecule has 4 nitrogen and oxygen atoms in total. The van der Waals surface area contributed by atoms with Gasteiger partial charge in [-0.25, -0.2) is 0 Å². The second-order valence-corrected chi connectivity index (χ2v) is 6.79. The zero-order valence-electron chi connectivity index (χ0n) is 12.7. The first-order valence-electron chi connectivity index (χ1n) is 7.88. The van der Waals surface area contributed by atoms with Gasteiger partial charge in [-0.05, 0) is 36.4 Å². The summed E-state index contributed by atoms with van der Waals surface area (Å²) >= 11 is 1.66. The van der Waals surface area contributed by atoms with Crippen molar-refractivity contribution in [3.8, 4) is 10.6 Å². The van der Waals surface area contributed by atoms with Crippen molar-refractivity contribution in [1.82, 2.24) is 4.90 Å². The average Bonchev–Trinajstić information content (AvgIpc) is 3.14. The Balaban J connectivity index is 1.54. The molecule has 1 fully saturated rings. The lowest BCUT2D eigenvalue weighted by molar-refractivity contribution is -0.131. The number of likely N-dealkylation sites (tertiary alicyclic amines) is 1. The second kappa shape index (κ2) is 7.11. The number of hydrogen-bond acceptors (Lipinski definition) is 4. The van der Waals surface area contributed by atoms with Crippen LogP contribution in [0.1, 0.15) is 31.4 Å². The Morgan fingerprint density at radius 2 is 2.27 bits per heavy atom. The zero-order chi connectivity index (χ0) is 15.4. The molecule has 2 N–H and O–H groups in total. The van der Waals surface area contributed by atoms with E-state index in [1.807, 2.05) is 34.5 Å². The standard InChI is InChI=1S/C17H22N2O2S/c18-13-4-1-2-10-19(12-13)17(20)9-7-14-6-8-15(21-14)16-5-3-11-22-16/h3,5-6,8,11,13H,1-2,4,7,9-10,12,18H2/t13-/m0/s1. The number of carbonyl (C=O) groups is 1. The average molecular weight is 318 g/mol. The van der Waals surface area contributed by atoms with Crippen LogP contribution in [0.25, 0.3) is 10.6 Å². The van der Waals surface area contributed by atoms with Crippen molar-refractivity contribution in [2.45, 2.75) is 38.1 Å². The van der Waals surface area contributed by atoms with E-state index in [0.29, 0.717) is 19.4 Å². The van der Waals surface area contributed by atoms with Crippen LogP contribution in [0.3, 0.4) is 0 Å². The first-order chi connectivity index (χ1) is 10.7. The molecule has 0 unspecified atom stereocenters. The topological polar surface area (TPSA) is 59.5 Å². The van der Waals surface area contributed by atoms with Crippen LogP contribution in [0.4, 0.5) is 0 Å². The summed E-state index contributed by atoms with van der Waals surface area (Å²) in [6.07, 6.45) is 4.34. The van der Waals surface area contributed by atoms with Crippen LogP contribution in [0.15, 0.2) is 34.1 Å². The van der Waals surface area contributed by atoms with E-state index < -0.39 is 0 Å². The highest BCUT2D eigenvalue weighted by atomic mass is 32.1. The maximum atomic E-state index is 12.3. The van der Waals surface area contributed by atoms with Crippen molar-refractivity contribution >= 4 is 17.2 Å². The van der Waals surface area contributed by atoms with E-state index in [1.54, 1.807) is 11.3 Å². The quantitative estimate of drug-likeness (QED) is 0.941. The molecule has 0 saturated carbocycles. The minimum Gasteiger partial charge on any atom is -0.460 e. The lowest BCUT2D eigenvalue weighted by Crippen LogP contribution is -2.39. The Bertz CT molecular complexity index is 606. The van der Waals surface area contributed by atoms with E-state index in [9.17, 15) is 4.79 Å². The van der Waals surface area contributed by atoms with E-state index in [2.05, 4.69) is 0 Å². The Labute approximate surface area is 134 Å². The largest absolute Gasteiger partial charge is 0.460 e. The highest BCUT2D eigenvalue weighted by molar-refractivity contribution is 7.13. The summed E-state index contributed by atoms with van der Waals surface area (Å²) in [5.41, 5.74) is 6.02. The van der Waals surface area contributed by atoms with Crippen molar-refractivity contribution in [3.63, 3.8) is 0 Å². The molecule has 0 aliphatic carbocycles. The van der Waals surface area contributed by atoms with Gasteiger partial charge < -0.3 is 15.1 Å². The SMILES string of the molecule is N[C@H]1CCCCN(C(=O)CCc2ccc(-c3cccs3)o2)C1. The third-order valence-corrected chi connectivity index (χ3v) is 4.96. The van der Waals surface area contributed by atoms with E-state index >= 15 is 0 Å². The smallest absolute Gasteiger partial charge is 0.223 e. The van der Waals surface area contributed by atoms with E-state index in [-0.39, 0.29) is 11.9 Å². The Hall–Kier alpha value is -1.59. The summed E-state index contributed by atoms with van der Waals surface area (Å²) in [5.74, 6) is 1.94. The van der Waals surface area contributed by atoms with E-state index in [1.165, 1.54) is 0 Å². The number of furan rings is 1. The van der Waals surface area contributed by atoms with Crippen LogP contribution < -0.4 is 5.73 Å². The molecule has 1 saturated heterocycles. The molecule has 1 atom stereocenters. The molecule has 0 spiro atoms. The molecule has 118 valence electrons. The lowest BCUT2D eigenvalue weighted by atomic mass is 10.1. The molecule has 2 aromatic rings. The number of thiophene rings is 1. The van der Waals surface area contributed by atoms with Gasteiger partial charge in [0.2, 0.25) is 5.91 Å². The van der Waals surface area contributed by atoms with Crippen molar-refractivity contribution in [2.24, 2.45) is 5.73 Å². The highest BCUT2D eigenvalue weighted by Crippen LogP contribution is 2.27. The van der Waals surface area contributed by atoms with Crippen LogP contribution in [0.5, 0.6) is 0 Å². The number of nitrogens with two attached hydrogens (primary N) is 1. The number of nitrogens with zero attached hydrogens (tertiary/aromatic N) is 1. The number of rotatable bonds is 4. The predicted octanol–water partition coefficient (Wildman–Crippen LogP) is 3.28. The Morgan fingerprint density at radius 1 is 1.36 bits per heavy atom. The van der Waals surface area contributed by atoms with Gasteiger partial charge in [0.05, 0.1) is 4.88 Å². The summed E-state index contributed by atoms with van der Waals surface area (Å²) in [7, 11) is 0. The molecule has 1 aliphatic rings. The normalized spacial score (nSPS) is 19.1. The number of hydrogen-bond donors (Lipinski definition) is 1. The monoisotopic (exact) mass is 318 g/mol. The summed E-state index contributed by atoms with van der Waals surface area (Å²) in [6.45, 7) is 1.53. The summed E-state index contributed by atoms with van der Waals surface area (Å²) in [4.78, 5) is 15.4. The number of amides is 1. The molecule has 2 aromatic heterocycles. The summed E-state index contributed by atoms with van der Waals surface area (Å²) in [6, 6.07) is 8.12. The van der Waals surface area contributed by atoms with Gasteiger partial charge in [-0.15, -0.1) is 11.3 Å². The molecular formula is C17H22N2O2S. The van der Waals surface area contributed by atoms with E-state index in [0.717, 1.165) is 42.2 Å². The fraction of sp³-hybridized carbons (Fsp3) is 0.471. The minimum absolute atomic E-state index is 0.125. The zero-order valence-corrected chi connectivity index (χ0v) is 13.5. The third-order valence-electron chi connectivity index (χ3n) is 4.07. The molecule has 3 rings (SSSR count). The maximum absolute atomic E-state index is 12.3. The second-order valence-electron chi connectivity index (χ2n) is 5.84. The van der Waals surface area contributed by atoms with E-state index in [4.69, 9.17) is 10.2 Å². The molecule has 3 heterocycles. The summed E-state index contributed by atoms with van der Waals surface area (Å²) < 4.78 is 5.83. The van der Waals surface area contributed by atoms with Gasteiger partial charge in [-0.2, -0.15) is 0 Å². The van der Waals surface area contributed by atoms with Crippen molar-refractivity contribution in [1.29, 1.82) is 0 Å². The van der Waals surface area contributed by atoms with Gasteiger partial charge in [0.15, 0.2) is 0 Å². The molecule has 1 aliphatic heterocycles. The van der Waals surface area contributed by atoms with Crippen LogP contribution in [-0.2, 0) is 11.2 Å². The van der Waals surface area contributed by atoms with Gasteiger partial charge in [0.25, 0.3) is 0 Å². The molecule has 5 heteroatoms.